The molecular weight excluding hydrogens is 276 g/mol. The minimum absolute atomic E-state index is 0.0899. The largest absolute Gasteiger partial charge is 0.306 e. The summed E-state index contributed by atoms with van der Waals surface area (Å²) in [6, 6.07) is 14.4. The average Bonchev–Trinajstić information content (AvgIpc) is 2.45. The highest BCUT2D eigenvalue weighted by atomic mass is 35.5. The molecular formula is C15H15ClN2O2. The molecule has 1 N–H and O–H groups in total. The van der Waals surface area contributed by atoms with E-state index in [4.69, 9.17) is 11.6 Å². The van der Waals surface area contributed by atoms with E-state index in [1.54, 1.807) is 18.2 Å². The second kappa shape index (κ2) is 6.50. The van der Waals surface area contributed by atoms with Gasteiger partial charge < -0.3 is 5.32 Å². The molecule has 0 fully saturated rings. The van der Waals surface area contributed by atoms with Crippen LogP contribution >= 0.6 is 11.6 Å². The first-order valence-corrected chi connectivity index (χ1v) is 6.67. The van der Waals surface area contributed by atoms with Gasteiger partial charge in [0.15, 0.2) is 0 Å². The fourth-order valence-corrected chi connectivity index (χ4v) is 2.10. The molecule has 20 heavy (non-hydrogen) atoms. The number of nitrogens with one attached hydrogen (secondary N) is 1. The molecule has 0 aliphatic carbocycles. The standard InChI is InChI=1S/C15H15ClN2O2/c1-11(12-6-8-14(16)9-7-12)17-10-13-4-2-3-5-15(13)18(19)20/h2-9,11,17H,10H2,1H3/t11-/m1/s1. The van der Waals surface area contributed by atoms with E-state index in [2.05, 4.69) is 5.32 Å². The van der Waals surface area contributed by atoms with E-state index in [1.807, 2.05) is 31.2 Å². The topological polar surface area (TPSA) is 55.2 Å². The van der Waals surface area contributed by atoms with Crippen LogP contribution in [0, 0.1) is 10.1 Å². The van der Waals surface area contributed by atoms with Crippen LogP contribution in [0.1, 0.15) is 24.1 Å². The summed E-state index contributed by atoms with van der Waals surface area (Å²) in [5.74, 6) is 0. The lowest BCUT2D eigenvalue weighted by Gasteiger charge is -2.14. The van der Waals surface area contributed by atoms with Crippen molar-refractivity contribution < 1.29 is 4.92 Å². The second-order valence-corrected chi connectivity index (χ2v) is 4.98. The highest BCUT2D eigenvalue weighted by Gasteiger charge is 2.13. The smallest absolute Gasteiger partial charge is 0.273 e. The normalized spacial score (nSPS) is 12.1. The molecule has 0 radical (unpaired) electrons. The van der Waals surface area contributed by atoms with E-state index in [0.29, 0.717) is 17.1 Å². The predicted molar refractivity (Wildman–Crippen MR) is 79.8 cm³/mol. The Labute approximate surface area is 122 Å². The van der Waals surface area contributed by atoms with Crippen LogP contribution in [-0.4, -0.2) is 4.92 Å². The van der Waals surface area contributed by atoms with Crippen LogP contribution in [0.15, 0.2) is 48.5 Å². The molecule has 0 saturated carbocycles. The van der Waals surface area contributed by atoms with E-state index in [1.165, 1.54) is 6.07 Å². The number of para-hydroxylation sites is 1. The lowest BCUT2D eigenvalue weighted by molar-refractivity contribution is -0.385. The van der Waals surface area contributed by atoms with Gasteiger partial charge in [0.25, 0.3) is 5.69 Å². The lowest BCUT2D eigenvalue weighted by Crippen LogP contribution is -2.18. The number of benzene rings is 2. The van der Waals surface area contributed by atoms with Gasteiger partial charge in [-0.1, -0.05) is 41.9 Å². The Morgan fingerprint density at radius 3 is 2.50 bits per heavy atom. The summed E-state index contributed by atoms with van der Waals surface area (Å²) >= 11 is 5.85. The first-order valence-electron chi connectivity index (χ1n) is 6.29. The van der Waals surface area contributed by atoms with Crippen LogP contribution in [0.4, 0.5) is 5.69 Å². The average molecular weight is 291 g/mol. The van der Waals surface area contributed by atoms with Gasteiger partial charge in [0.2, 0.25) is 0 Å². The van der Waals surface area contributed by atoms with Crippen LogP contribution in [0.25, 0.3) is 0 Å². The van der Waals surface area contributed by atoms with Gasteiger partial charge in [0.05, 0.1) is 4.92 Å². The molecule has 0 aliphatic heterocycles. The molecule has 0 amide bonds. The summed E-state index contributed by atoms with van der Waals surface area (Å²) in [5.41, 5.74) is 1.91. The van der Waals surface area contributed by atoms with Crippen molar-refractivity contribution in [3.63, 3.8) is 0 Å². The fourth-order valence-electron chi connectivity index (χ4n) is 1.97. The molecule has 0 aromatic heterocycles. The summed E-state index contributed by atoms with van der Waals surface area (Å²) in [5, 5.41) is 14.9. The third-order valence-electron chi connectivity index (χ3n) is 3.16. The van der Waals surface area contributed by atoms with E-state index < -0.39 is 0 Å². The fraction of sp³-hybridized carbons (Fsp3) is 0.200. The molecule has 0 saturated heterocycles. The van der Waals surface area contributed by atoms with Crippen LogP contribution in [0.3, 0.4) is 0 Å². The van der Waals surface area contributed by atoms with E-state index >= 15 is 0 Å². The van der Waals surface area contributed by atoms with Crippen molar-refractivity contribution in [3.8, 4) is 0 Å². The van der Waals surface area contributed by atoms with Gasteiger partial charge in [-0.25, -0.2) is 0 Å². The number of hydrogen-bond donors (Lipinski definition) is 1. The zero-order valence-electron chi connectivity index (χ0n) is 11.0. The van der Waals surface area contributed by atoms with Crippen molar-refractivity contribution in [2.45, 2.75) is 19.5 Å². The van der Waals surface area contributed by atoms with Crippen LogP contribution < -0.4 is 5.32 Å². The number of halogens is 1. The molecule has 0 spiro atoms. The monoisotopic (exact) mass is 290 g/mol. The quantitative estimate of drug-likeness (QED) is 0.666. The number of rotatable bonds is 5. The first kappa shape index (κ1) is 14.5. The zero-order valence-corrected chi connectivity index (χ0v) is 11.8. The first-order chi connectivity index (χ1) is 9.58. The summed E-state index contributed by atoms with van der Waals surface area (Å²) in [6.07, 6.45) is 0. The lowest BCUT2D eigenvalue weighted by atomic mass is 10.1. The highest BCUT2D eigenvalue weighted by molar-refractivity contribution is 6.30. The maximum Gasteiger partial charge on any atom is 0.273 e. The summed E-state index contributed by atoms with van der Waals surface area (Å²) < 4.78 is 0. The molecule has 0 bridgehead atoms. The number of hydrogen-bond acceptors (Lipinski definition) is 3. The van der Waals surface area contributed by atoms with Crippen LogP contribution in [0.5, 0.6) is 0 Å². The second-order valence-electron chi connectivity index (χ2n) is 4.54. The molecule has 0 unspecified atom stereocenters. The van der Waals surface area contributed by atoms with Crippen molar-refractivity contribution >= 4 is 17.3 Å². The Morgan fingerprint density at radius 2 is 1.85 bits per heavy atom. The summed E-state index contributed by atoms with van der Waals surface area (Å²) in [7, 11) is 0. The SMILES string of the molecule is C[C@@H](NCc1ccccc1[N+](=O)[O-])c1ccc(Cl)cc1. The molecule has 5 heteroatoms. The van der Waals surface area contributed by atoms with Gasteiger partial charge in [-0.15, -0.1) is 0 Å². The minimum atomic E-state index is -0.357. The Hall–Kier alpha value is -1.91. The van der Waals surface area contributed by atoms with Gasteiger partial charge >= 0.3 is 0 Å². The van der Waals surface area contributed by atoms with Crippen LogP contribution in [-0.2, 0) is 6.54 Å². The zero-order chi connectivity index (χ0) is 14.5. The molecule has 2 aromatic rings. The van der Waals surface area contributed by atoms with E-state index in [-0.39, 0.29) is 16.7 Å². The molecule has 0 heterocycles. The van der Waals surface area contributed by atoms with Gasteiger partial charge in [0, 0.05) is 29.2 Å². The minimum Gasteiger partial charge on any atom is -0.306 e. The molecule has 104 valence electrons. The number of nitro benzene ring substituents is 1. The maximum atomic E-state index is 10.9. The van der Waals surface area contributed by atoms with Crippen LogP contribution in [0.2, 0.25) is 5.02 Å². The molecule has 0 aliphatic rings. The highest BCUT2D eigenvalue weighted by Crippen LogP contribution is 2.20. The Kier molecular flexibility index (Phi) is 4.71. The van der Waals surface area contributed by atoms with Gasteiger partial charge in [-0.2, -0.15) is 0 Å². The molecule has 2 aromatic carbocycles. The van der Waals surface area contributed by atoms with Crippen molar-refractivity contribution in [2.75, 3.05) is 0 Å². The molecule has 2 rings (SSSR count). The summed E-state index contributed by atoms with van der Waals surface area (Å²) in [6.45, 7) is 2.46. The van der Waals surface area contributed by atoms with Gasteiger partial charge in [-0.05, 0) is 24.6 Å². The number of nitrogens with zero attached hydrogens (tertiary/aromatic N) is 1. The Balaban J connectivity index is 2.05. The maximum absolute atomic E-state index is 10.9. The predicted octanol–water partition coefficient (Wildman–Crippen LogP) is 4.10. The molecule has 4 nitrogen and oxygen atoms in total. The Bertz CT molecular complexity index is 599. The summed E-state index contributed by atoms with van der Waals surface area (Å²) in [4.78, 5) is 10.6. The van der Waals surface area contributed by atoms with Crippen molar-refractivity contribution in [2.24, 2.45) is 0 Å². The van der Waals surface area contributed by atoms with Crippen molar-refractivity contribution in [1.82, 2.24) is 5.32 Å². The third kappa shape index (κ3) is 3.56. The third-order valence-corrected chi connectivity index (χ3v) is 3.41. The van der Waals surface area contributed by atoms with Gasteiger partial charge in [-0.3, -0.25) is 10.1 Å². The van der Waals surface area contributed by atoms with Crippen molar-refractivity contribution in [1.29, 1.82) is 0 Å². The molecule has 1 atom stereocenters. The Morgan fingerprint density at radius 1 is 1.20 bits per heavy atom. The van der Waals surface area contributed by atoms with Crippen molar-refractivity contribution in [3.05, 3.63) is 74.8 Å². The van der Waals surface area contributed by atoms with Gasteiger partial charge in [0.1, 0.15) is 0 Å². The van der Waals surface area contributed by atoms with E-state index in [9.17, 15) is 10.1 Å². The van der Waals surface area contributed by atoms with E-state index in [0.717, 1.165) is 5.56 Å². The number of nitro groups is 1.